The third-order valence-corrected chi connectivity index (χ3v) is 2.36. The maximum atomic E-state index is 10.3. The van der Waals surface area contributed by atoms with Crippen LogP contribution in [0.25, 0.3) is 0 Å². The van der Waals surface area contributed by atoms with Gasteiger partial charge in [-0.3, -0.25) is 4.79 Å². The second-order valence-corrected chi connectivity index (χ2v) is 4.82. The van der Waals surface area contributed by atoms with Crippen molar-refractivity contribution in [1.82, 2.24) is 0 Å². The summed E-state index contributed by atoms with van der Waals surface area (Å²) in [6.45, 7) is 5.08. The zero-order chi connectivity index (χ0) is 12.9. The highest BCUT2D eigenvalue weighted by Gasteiger charge is 2.40. The zero-order valence-electron chi connectivity index (χ0n) is 10.5. The van der Waals surface area contributed by atoms with Crippen LogP contribution in [-0.2, 0) is 24.3 Å². The monoisotopic (exact) mass is 248 g/mol. The molecule has 0 atom stereocenters. The fraction of sp³-hybridized carbons (Fsp3) is 0.909. The lowest BCUT2D eigenvalue weighted by atomic mass is 10.1. The van der Waals surface area contributed by atoms with Gasteiger partial charge in [0.05, 0.1) is 0 Å². The maximum absolute atomic E-state index is 10.3. The molecule has 6 nitrogen and oxygen atoms in total. The molecule has 0 bridgehead atoms. The van der Waals surface area contributed by atoms with Crippen molar-refractivity contribution in [2.24, 2.45) is 0 Å². The van der Waals surface area contributed by atoms with Crippen molar-refractivity contribution in [2.75, 3.05) is 0 Å². The normalized spacial score (nSPS) is 22.3. The molecule has 1 fully saturated rings. The smallest absolute Gasteiger partial charge is 0.303 e. The summed E-state index contributed by atoms with van der Waals surface area (Å²) in [4.78, 5) is 30.7. The van der Waals surface area contributed by atoms with E-state index in [0.717, 1.165) is 12.8 Å². The average molecular weight is 248 g/mol. The molecule has 0 aromatic heterocycles. The van der Waals surface area contributed by atoms with Gasteiger partial charge in [-0.25, -0.2) is 0 Å². The average Bonchev–Trinajstić information content (AvgIpc) is 2.23. The van der Waals surface area contributed by atoms with E-state index in [-0.39, 0.29) is 6.42 Å². The lowest BCUT2D eigenvalue weighted by molar-refractivity contribution is -0.648. The van der Waals surface area contributed by atoms with Crippen LogP contribution in [0, 0.1) is 0 Å². The van der Waals surface area contributed by atoms with E-state index >= 15 is 0 Å². The van der Waals surface area contributed by atoms with Crippen LogP contribution in [0.4, 0.5) is 0 Å². The van der Waals surface area contributed by atoms with Crippen LogP contribution in [-0.4, -0.2) is 22.7 Å². The number of rotatable bonds is 6. The molecule has 0 unspecified atom stereocenters. The molecule has 17 heavy (non-hydrogen) atoms. The predicted octanol–water partition coefficient (Wildman–Crippen LogP) is 2.38. The lowest BCUT2D eigenvalue weighted by Crippen LogP contribution is -2.46. The molecular formula is C11H20O6. The van der Waals surface area contributed by atoms with Gasteiger partial charge in [0.15, 0.2) is 0 Å². The summed E-state index contributed by atoms with van der Waals surface area (Å²) in [5, 5.41) is 8.48. The standard InChI is InChI=1S/C11H20O6/c1-10(2)14-16-11(3,17-15-10)8-6-4-5-7-9(12)13/h4-8H2,1-3H3,(H,12,13). The van der Waals surface area contributed by atoms with Crippen LogP contribution in [0.2, 0.25) is 0 Å². The Bertz CT molecular complexity index is 253. The van der Waals surface area contributed by atoms with Crippen molar-refractivity contribution in [1.29, 1.82) is 0 Å². The molecule has 1 aliphatic rings. The Balaban J connectivity index is 2.16. The third-order valence-electron chi connectivity index (χ3n) is 2.36. The van der Waals surface area contributed by atoms with Gasteiger partial charge in [-0.1, -0.05) is 6.42 Å². The fourth-order valence-corrected chi connectivity index (χ4v) is 1.39. The molecule has 0 spiro atoms. The van der Waals surface area contributed by atoms with Crippen LogP contribution >= 0.6 is 0 Å². The first-order valence-corrected chi connectivity index (χ1v) is 5.78. The van der Waals surface area contributed by atoms with Gasteiger partial charge in [-0.05, 0) is 33.6 Å². The van der Waals surface area contributed by atoms with E-state index in [4.69, 9.17) is 24.7 Å². The van der Waals surface area contributed by atoms with Crippen LogP contribution in [0.15, 0.2) is 0 Å². The van der Waals surface area contributed by atoms with Gasteiger partial charge in [0.25, 0.3) is 0 Å². The molecule has 1 N–H and O–H groups in total. The molecule has 1 aliphatic heterocycles. The van der Waals surface area contributed by atoms with Crippen molar-refractivity contribution in [3.8, 4) is 0 Å². The van der Waals surface area contributed by atoms with Gasteiger partial charge in [0.1, 0.15) is 0 Å². The van der Waals surface area contributed by atoms with E-state index in [9.17, 15) is 4.79 Å². The zero-order valence-corrected chi connectivity index (χ0v) is 10.5. The quantitative estimate of drug-likeness (QED) is 0.574. The van der Waals surface area contributed by atoms with Gasteiger partial charge in [-0.15, -0.1) is 0 Å². The molecule has 1 saturated heterocycles. The topological polar surface area (TPSA) is 74.2 Å². The minimum atomic E-state index is -0.918. The van der Waals surface area contributed by atoms with E-state index in [1.807, 2.05) is 0 Å². The van der Waals surface area contributed by atoms with Crippen LogP contribution in [0.5, 0.6) is 0 Å². The number of aliphatic carboxylic acids is 1. The minimum Gasteiger partial charge on any atom is -0.481 e. The highest BCUT2D eigenvalue weighted by Crippen LogP contribution is 2.31. The summed E-state index contributed by atoms with van der Waals surface area (Å²) < 4.78 is 0. The number of carboxylic acids is 1. The Labute approximate surface area is 101 Å². The van der Waals surface area contributed by atoms with Crippen molar-refractivity contribution in [2.45, 2.75) is 64.4 Å². The maximum Gasteiger partial charge on any atom is 0.303 e. The Morgan fingerprint density at radius 2 is 1.59 bits per heavy atom. The first-order valence-electron chi connectivity index (χ1n) is 5.78. The number of unbranched alkanes of at least 4 members (excludes halogenated alkanes) is 2. The molecule has 0 saturated carbocycles. The molecule has 6 heteroatoms. The van der Waals surface area contributed by atoms with E-state index in [2.05, 4.69) is 0 Å². The van der Waals surface area contributed by atoms with Gasteiger partial charge in [-0.2, -0.15) is 19.6 Å². The SMILES string of the molecule is CC1(C)OOC(C)(CCCCCC(=O)O)OO1. The lowest BCUT2D eigenvalue weighted by Gasteiger charge is -2.37. The second-order valence-electron chi connectivity index (χ2n) is 4.82. The molecule has 0 aromatic carbocycles. The number of hydrogen-bond acceptors (Lipinski definition) is 5. The molecule has 0 radical (unpaired) electrons. The summed E-state index contributed by atoms with van der Waals surface area (Å²) in [5.74, 6) is -2.59. The van der Waals surface area contributed by atoms with E-state index in [1.165, 1.54) is 0 Å². The molecule has 0 aromatic rings. The molecule has 0 aliphatic carbocycles. The first-order chi connectivity index (χ1) is 7.83. The van der Waals surface area contributed by atoms with Crippen molar-refractivity contribution in [3.63, 3.8) is 0 Å². The van der Waals surface area contributed by atoms with Gasteiger partial charge < -0.3 is 5.11 Å². The molecule has 1 heterocycles. The largest absolute Gasteiger partial charge is 0.481 e. The van der Waals surface area contributed by atoms with Gasteiger partial charge >= 0.3 is 5.97 Å². The summed E-state index contributed by atoms with van der Waals surface area (Å²) in [5.41, 5.74) is 0. The minimum absolute atomic E-state index is 0.193. The molecule has 0 amide bonds. The number of hydrogen-bond donors (Lipinski definition) is 1. The van der Waals surface area contributed by atoms with E-state index < -0.39 is 17.5 Å². The van der Waals surface area contributed by atoms with E-state index in [1.54, 1.807) is 20.8 Å². The number of carboxylic acid groups (broad SMARTS) is 1. The Morgan fingerprint density at radius 3 is 2.12 bits per heavy atom. The van der Waals surface area contributed by atoms with Crippen molar-refractivity contribution in [3.05, 3.63) is 0 Å². The third kappa shape index (κ3) is 5.45. The van der Waals surface area contributed by atoms with Crippen LogP contribution in [0.1, 0.15) is 52.9 Å². The first kappa shape index (κ1) is 14.4. The van der Waals surface area contributed by atoms with E-state index in [0.29, 0.717) is 12.8 Å². The fourth-order valence-electron chi connectivity index (χ4n) is 1.39. The Morgan fingerprint density at radius 1 is 1.00 bits per heavy atom. The summed E-state index contributed by atoms with van der Waals surface area (Å²) >= 11 is 0. The summed E-state index contributed by atoms with van der Waals surface area (Å²) in [6, 6.07) is 0. The van der Waals surface area contributed by atoms with Crippen molar-refractivity contribution < 1.29 is 29.5 Å². The highest BCUT2D eigenvalue weighted by molar-refractivity contribution is 5.66. The molecule has 1 rings (SSSR count). The highest BCUT2D eigenvalue weighted by atomic mass is 17.4. The second kappa shape index (κ2) is 5.77. The van der Waals surface area contributed by atoms with Gasteiger partial charge in [0, 0.05) is 12.8 Å². The van der Waals surface area contributed by atoms with Gasteiger partial charge in [0.2, 0.25) is 11.6 Å². The predicted molar refractivity (Wildman–Crippen MR) is 57.5 cm³/mol. The van der Waals surface area contributed by atoms with Crippen LogP contribution < -0.4 is 0 Å². The van der Waals surface area contributed by atoms with Crippen LogP contribution in [0.3, 0.4) is 0 Å². The van der Waals surface area contributed by atoms with Crippen molar-refractivity contribution >= 4 is 5.97 Å². The summed E-state index contributed by atoms with van der Waals surface area (Å²) in [7, 11) is 0. The Kier molecular flexibility index (Phi) is 4.88. The Hall–Kier alpha value is -0.690. The number of carbonyl (C=O) groups is 1. The summed E-state index contributed by atoms with van der Waals surface area (Å²) in [6.07, 6.45) is 3.02. The molecular weight excluding hydrogens is 228 g/mol. The molecule has 100 valence electrons.